The van der Waals surface area contributed by atoms with Crippen molar-refractivity contribution in [3.05, 3.63) is 94.5 Å². The van der Waals surface area contributed by atoms with Gasteiger partial charge in [0, 0.05) is 0 Å². The fraction of sp³-hybridized carbons (Fsp3) is 0.0435. The van der Waals surface area contributed by atoms with Gasteiger partial charge >= 0.3 is 11.9 Å². The number of nitrogen functional groups attached to an aromatic ring is 2. The van der Waals surface area contributed by atoms with Gasteiger partial charge in [0.1, 0.15) is 0 Å². The first-order valence-corrected chi connectivity index (χ1v) is 8.74. The largest absolute Gasteiger partial charge is 0.478 e. The normalized spacial score (nSPS) is 10.2. The van der Waals surface area contributed by atoms with E-state index in [4.69, 9.17) is 21.7 Å². The fourth-order valence-corrected chi connectivity index (χ4v) is 2.60. The smallest absolute Gasteiger partial charge is 0.335 e. The predicted octanol–water partition coefficient (Wildman–Crippen LogP) is 4.41. The Morgan fingerprint density at radius 3 is 1.86 bits per heavy atom. The van der Waals surface area contributed by atoms with E-state index in [2.05, 4.69) is 0 Å². The second-order valence-corrected chi connectivity index (χ2v) is 6.18. The van der Waals surface area contributed by atoms with Crippen molar-refractivity contribution in [2.24, 2.45) is 0 Å². The molecular formula is C23H22N2O4. The molecule has 0 bridgehead atoms. The van der Waals surface area contributed by atoms with Crippen LogP contribution in [0.5, 0.6) is 0 Å². The average Bonchev–Trinajstić information content (AvgIpc) is 2.70. The van der Waals surface area contributed by atoms with Crippen LogP contribution < -0.4 is 11.5 Å². The van der Waals surface area contributed by atoms with Crippen LogP contribution >= 0.6 is 0 Å². The molecule has 0 unspecified atom stereocenters. The van der Waals surface area contributed by atoms with Crippen LogP contribution in [0.2, 0.25) is 0 Å². The molecule has 6 heteroatoms. The summed E-state index contributed by atoms with van der Waals surface area (Å²) in [4.78, 5) is 21.2. The lowest BCUT2D eigenvalue weighted by atomic mass is 10.0. The monoisotopic (exact) mass is 390 g/mol. The van der Waals surface area contributed by atoms with Crippen molar-refractivity contribution < 1.29 is 19.8 Å². The summed E-state index contributed by atoms with van der Waals surface area (Å²) < 4.78 is 0. The Morgan fingerprint density at radius 2 is 1.31 bits per heavy atom. The van der Waals surface area contributed by atoms with Crippen molar-refractivity contribution in [3.63, 3.8) is 0 Å². The summed E-state index contributed by atoms with van der Waals surface area (Å²) in [6.07, 6.45) is 3.99. The van der Waals surface area contributed by atoms with Crippen molar-refractivity contribution in [1.29, 1.82) is 0 Å². The van der Waals surface area contributed by atoms with E-state index in [0.29, 0.717) is 11.4 Å². The van der Waals surface area contributed by atoms with Gasteiger partial charge in [-0.3, -0.25) is 0 Å². The zero-order valence-corrected chi connectivity index (χ0v) is 15.9. The summed E-state index contributed by atoms with van der Waals surface area (Å²) in [5.74, 6) is -2.22. The molecule has 3 aromatic carbocycles. The highest BCUT2D eigenvalue weighted by molar-refractivity contribution is 5.96. The third-order valence-corrected chi connectivity index (χ3v) is 4.22. The highest BCUT2D eigenvalue weighted by Crippen LogP contribution is 2.21. The van der Waals surface area contributed by atoms with Crippen LogP contribution in [0.3, 0.4) is 0 Å². The third-order valence-electron chi connectivity index (χ3n) is 4.22. The number of anilines is 2. The van der Waals surface area contributed by atoms with Crippen molar-refractivity contribution in [1.82, 2.24) is 0 Å². The SMILES string of the molecule is Cc1c(C(=O)O)cccc1C(=O)O.Nc1cccc(C=Cc2ccccc2)c1N. The van der Waals surface area contributed by atoms with E-state index < -0.39 is 11.9 Å². The molecule has 0 amide bonds. The molecular weight excluding hydrogens is 368 g/mol. The Morgan fingerprint density at radius 1 is 0.759 bits per heavy atom. The molecule has 0 aliphatic heterocycles. The number of rotatable bonds is 4. The molecule has 0 radical (unpaired) electrons. The summed E-state index contributed by atoms with van der Waals surface area (Å²) in [5, 5.41) is 17.4. The lowest BCUT2D eigenvalue weighted by Gasteiger charge is -2.03. The number of aromatic carboxylic acids is 2. The summed E-state index contributed by atoms with van der Waals surface area (Å²) >= 11 is 0. The van der Waals surface area contributed by atoms with E-state index in [0.717, 1.165) is 11.1 Å². The van der Waals surface area contributed by atoms with Gasteiger partial charge in [-0.05, 0) is 41.8 Å². The predicted molar refractivity (Wildman–Crippen MR) is 116 cm³/mol. The number of para-hydroxylation sites is 1. The number of nitrogens with two attached hydrogens (primary N) is 2. The average molecular weight is 390 g/mol. The number of carbonyl (C=O) groups is 2. The van der Waals surface area contributed by atoms with Crippen LogP contribution in [-0.2, 0) is 0 Å². The van der Waals surface area contributed by atoms with E-state index in [9.17, 15) is 9.59 Å². The Kier molecular flexibility index (Phi) is 7.14. The summed E-state index contributed by atoms with van der Waals surface area (Å²) in [5.41, 5.74) is 15.3. The molecule has 3 aromatic rings. The number of carboxylic acids is 2. The Bertz CT molecular complexity index is 1010. The molecule has 0 aliphatic rings. The summed E-state index contributed by atoms with van der Waals surface area (Å²) in [7, 11) is 0. The molecule has 29 heavy (non-hydrogen) atoms. The molecule has 6 nitrogen and oxygen atoms in total. The van der Waals surface area contributed by atoms with E-state index in [-0.39, 0.29) is 16.7 Å². The van der Waals surface area contributed by atoms with Gasteiger partial charge in [-0.2, -0.15) is 0 Å². The lowest BCUT2D eigenvalue weighted by molar-refractivity contribution is 0.0696. The second kappa shape index (κ2) is 9.75. The number of benzene rings is 3. The van der Waals surface area contributed by atoms with Gasteiger partial charge in [-0.25, -0.2) is 9.59 Å². The van der Waals surface area contributed by atoms with E-state index >= 15 is 0 Å². The maximum Gasteiger partial charge on any atom is 0.335 e. The Hall–Kier alpha value is -4.06. The molecule has 0 aliphatic carbocycles. The minimum absolute atomic E-state index is 0.0277. The molecule has 0 saturated carbocycles. The van der Waals surface area contributed by atoms with E-state index in [1.807, 2.05) is 54.6 Å². The van der Waals surface area contributed by atoms with Gasteiger partial charge < -0.3 is 21.7 Å². The van der Waals surface area contributed by atoms with Crippen molar-refractivity contribution in [2.45, 2.75) is 6.92 Å². The number of hydrogen-bond donors (Lipinski definition) is 4. The zero-order chi connectivity index (χ0) is 21.4. The van der Waals surface area contributed by atoms with Gasteiger partial charge in [0.05, 0.1) is 22.5 Å². The van der Waals surface area contributed by atoms with Gasteiger partial charge in [0.25, 0.3) is 0 Å². The summed E-state index contributed by atoms with van der Waals surface area (Å²) in [6.45, 7) is 1.48. The van der Waals surface area contributed by atoms with Crippen LogP contribution in [0.25, 0.3) is 12.2 Å². The molecule has 148 valence electrons. The van der Waals surface area contributed by atoms with Crippen LogP contribution in [-0.4, -0.2) is 22.2 Å². The van der Waals surface area contributed by atoms with Crippen molar-refractivity contribution in [2.75, 3.05) is 11.5 Å². The highest BCUT2D eigenvalue weighted by atomic mass is 16.4. The second-order valence-electron chi connectivity index (χ2n) is 6.18. The Labute approximate surface area is 168 Å². The van der Waals surface area contributed by atoms with E-state index in [1.165, 1.54) is 25.1 Å². The number of carboxylic acid groups (broad SMARTS) is 2. The zero-order valence-electron chi connectivity index (χ0n) is 15.9. The maximum absolute atomic E-state index is 10.6. The molecule has 0 aromatic heterocycles. The van der Waals surface area contributed by atoms with Gasteiger partial charge in [0.2, 0.25) is 0 Å². The molecule has 6 N–H and O–H groups in total. The minimum atomic E-state index is -1.11. The van der Waals surface area contributed by atoms with Gasteiger partial charge in [-0.15, -0.1) is 0 Å². The van der Waals surface area contributed by atoms with Crippen molar-refractivity contribution >= 4 is 35.5 Å². The topological polar surface area (TPSA) is 127 Å². The quantitative estimate of drug-likeness (QED) is 0.386. The maximum atomic E-state index is 10.6. The molecule has 0 saturated heterocycles. The van der Waals surface area contributed by atoms with E-state index in [1.54, 1.807) is 6.07 Å². The van der Waals surface area contributed by atoms with Gasteiger partial charge in [-0.1, -0.05) is 60.7 Å². The molecule has 0 heterocycles. The first-order chi connectivity index (χ1) is 13.8. The van der Waals surface area contributed by atoms with Crippen LogP contribution in [0.15, 0.2) is 66.7 Å². The molecule has 0 spiro atoms. The minimum Gasteiger partial charge on any atom is -0.478 e. The first kappa shape index (κ1) is 21.2. The fourth-order valence-electron chi connectivity index (χ4n) is 2.60. The molecule has 0 fully saturated rings. The molecule has 0 atom stereocenters. The number of hydrogen-bond acceptors (Lipinski definition) is 4. The molecule has 3 rings (SSSR count). The van der Waals surface area contributed by atoms with Crippen LogP contribution in [0.4, 0.5) is 11.4 Å². The lowest BCUT2D eigenvalue weighted by Crippen LogP contribution is -2.06. The van der Waals surface area contributed by atoms with Crippen LogP contribution in [0.1, 0.15) is 37.4 Å². The Balaban J connectivity index is 0.000000212. The highest BCUT2D eigenvalue weighted by Gasteiger charge is 2.13. The standard InChI is InChI=1S/C14H14N2.C9H8O4/c15-13-8-4-7-12(14(13)16)10-9-11-5-2-1-3-6-11;1-5-6(8(10)11)3-2-4-7(5)9(12)13/h1-10H,15-16H2;2-4H,1H3,(H,10,11)(H,12,13). The first-order valence-electron chi connectivity index (χ1n) is 8.74. The van der Waals surface area contributed by atoms with Gasteiger partial charge in [0.15, 0.2) is 0 Å². The summed E-state index contributed by atoms with van der Waals surface area (Å²) in [6, 6.07) is 19.9. The van der Waals surface area contributed by atoms with Crippen LogP contribution in [0, 0.1) is 6.92 Å². The van der Waals surface area contributed by atoms with Crippen molar-refractivity contribution in [3.8, 4) is 0 Å². The third kappa shape index (κ3) is 5.71.